The van der Waals surface area contributed by atoms with Gasteiger partial charge in [-0.25, -0.2) is 4.98 Å². The van der Waals surface area contributed by atoms with Gasteiger partial charge in [0.25, 0.3) is 5.91 Å². The van der Waals surface area contributed by atoms with Gasteiger partial charge in [0.2, 0.25) is 5.88 Å². The molecule has 0 bridgehead atoms. The number of hydrogen-bond acceptors (Lipinski definition) is 4. The van der Waals surface area contributed by atoms with Gasteiger partial charge in [0, 0.05) is 12.3 Å². The number of para-hydroxylation sites is 2. The van der Waals surface area contributed by atoms with Gasteiger partial charge in [0.1, 0.15) is 12.4 Å². The molecule has 3 rings (SSSR count). The number of hydrogen-bond donors (Lipinski definition) is 1. The van der Waals surface area contributed by atoms with E-state index in [1.807, 2.05) is 42.5 Å². The Balaban J connectivity index is 1.62. The Morgan fingerprint density at radius 2 is 1.76 bits per heavy atom. The third-order valence-corrected chi connectivity index (χ3v) is 3.58. The van der Waals surface area contributed by atoms with Crippen LogP contribution in [0.3, 0.4) is 0 Å². The highest BCUT2D eigenvalue weighted by Crippen LogP contribution is 2.23. The van der Waals surface area contributed by atoms with Crippen LogP contribution in [0.5, 0.6) is 11.6 Å². The van der Waals surface area contributed by atoms with Crippen molar-refractivity contribution in [3.63, 3.8) is 0 Å². The van der Waals surface area contributed by atoms with Gasteiger partial charge in [-0.1, -0.05) is 42.5 Å². The molecule has 0 aliphatic rings. The van der Waals surface area contributed by atoms with E-state index < -0.39 is 0 Å². The van der Waals surface area contributed by atoms with Crippen LogP contribution in [0, 0.1) is 0 Å². The molecule has 0 atom stereocenters. The van der Waals surface area contributed by atoms with Crippen LogP contribution in [0.1, 0.15) is 15.9 Å². The standard InChI is InChI=1S/C20H18N2O3/c1-24-18-10-6-5-9-17(18)22-20(23)16-11-12-19(21-13-16)25-14-15-7-3-2-4-8-15/h2-13H,14H2,1H3,(H,22,23). The minimum atomic E-state index is -0.258. The fourth-order valence-electron chi connectivity index (χ4n) is 2.27. The SMILES string of the molecule is COc1ccccc1NC(=O)c1ccc(OCc2ccccc2)nc1. The van der Waals surface area contributed by atoms with Crippen molar-refractivity contribution in [1.29, 1.82) is 0 Å². The van der Waals surface area contributed by atoms with Crippen molar-refractivity contribution in [2.75, 3.05) is 12.4 Å². The van der Waals surface area contributed by atoms with Crippen LogP contribution in [0.4, 0.5) is 5.69 Å². The average molecular weight is 334 g/mol. The topological polar surface area (TPSA) is 60.5 Å². The van der Waals surface area contributed by atoms with E-state index in [1.165, 1.54) is 6.20 Å². The second kappa shape index (κ2) is 7.97. The smallest absolute Gasteiger partial charge is 0.257 e. The zero-order valence-corrected chi connectivity index (χ0v) is 13.8. The first-order chi connectivity index (χ1) is 12.3. The Bertz CT molecular complexity index is 833. The number of rotatable bonds is 6. The number of pyridine rings is 1. The predicted molar refractivity (Wildman–Crippen MR) is 96.0 cm³/mol. The molecule has 2 aromatic carbocycles. The molecule has 1 N–H and O–H groups in total. The molecule has 0 aliphatic carbocycles. The number of nitrogens with zero attached hydrogens (tertiary/aromatic N) is 1. The van der Waals surface area contributed by atoms with Gasteiger partial charge in [0.05, 0.1) is 18.4 Å². The van der Waals surface area contributed by atoms with E-state index in [9.17, 15) is 4.79 Å². The lowest BCUT2D eigenvalue weighted by atomic mass is 10.2. The molecule has 1 heterocycles. The summed E-state index contributed by atoms with van der Waals surface area (Å²) in [5.74, 6) is 0.816. The van der Waals surface area contributed by atoms with Crippen LogP contribution in [0.25, 0.3) is 0 Å². The van der Waals surface area contributed by atoms with Crippen molar-refractivity contribution in [3.8, 4) is 11.6 Å². The Hall–Kier alpha value is -3.34. The zero-order chi connectivity index (χ0) is 17.5. The molecule has 5 heteroatoms. The summed E-state index contributed by atoms with van der Waals surface area (Å²) in [5, 5.41) is 2.81. The number of anilines is 1. The molecule has 5 nitrogen and oxygen atoms in total. The normalized spacial score (nSPS) is 10.1. The number of methoxy groups -OCH3 is 1. The lowest BCUT2D eigenvalue weighted by Crippen LogP contribution is -2.13. The average Bonchev–Trinajstić information content (AvgIpc) is 2.68. The van der Waals surface area contributed by atoms with Crippen molar-refractivity contribution >= 4 is 11.6 Å². The van der Waals surface area contributed by atoms with E-state index in [1.54, 1.807) is 31.4 Å². The van der Waals surface area contributed by atoms with Crippen LogP contribution in [-0.2, 0) is 6.61 Å². The molecule has 0 unspecified atom stereocenters. The third kappa shape index (κ3) is 4.35. The van der Waals surface area contributed by atoms with Crippen molar-refractivity contribution in [3.05, 3.63) is 84.1 Å². The molecular weight excluding hydrogens is 316 g/mol. The van der Waals surface area contributed by atoms with Gasteiger partial charge in [-0.15, -0.1) is 0 Å². The highest BCUT2D eigenvalue weighted by atomic mass is 16.5. The molecule has 126 valence electrons. The number of benzene rings is 2. The largest absolute Gasteiger partial charge is 0.495 e. The van der Waals surface area contributed by atoms with Crippen LogP contribution in [0.15, 0.2) is 72.9 Å². The first-order valence-electron chi connectivity index (χ1n) is 7.83. The summed E-state index contributed by atoms with van der Waals surface area (Å²) in [6, 6.07) is 20.4. The lowest BCUT2D eigenvalue weighted by molar-refractivity contribution is 0.102. The molecule has 0 saturated heterocycles. The molecule has 0 spiro atoms. The van der Waals surface area contributed by atoms with E-state index in [0.29, 0.717) is 29.5 Å². The summed E-state index contributed by atoms with van der Waals surface area (Å²) in [5.41, 5.74) is 2.11. The summed E-state index contributed by atoms with van der Waals surface area (Å²) in [4.78, 5) is 16.5. The Labute approximate surface area is 146 Å². The highest BCUT2D eigenvalue weighted by molar-refractivity contribution is 6.04. The molecule has 0 saturated carbocycles. The van der Waals surface area contributed by atoms with Gasteiger partial charge in [-0.2, -0.15) is 0 Å². The molecule has 1 amide bonds. The number of nitrogens with one attached hydrogen (secondary N) is 1. The predicted octanol–water partition coefficient (Wildman–Crippen LogP) is 3.92. The second-order valence-electron chi connectivity index (χ2n) is 5.31. The first kappa shape index (κ1) is 16.5. The number of amides is 1. The number of aromatic nitrogens is 1. The van der Waals surface area contributed by atoms with Gasteiger partial charge >= 0.3 is 0 Å². The van der Waals surface area contributed by atoms with E-state index >= 15 is 0 Å². The van der Waals surface area contributed by atoms with Crippen LogP contribution >= 0.6 is 0 Å². The van der Waals surface area contributed by atoms with E-state index in [0.717, 1.165) is 5.56 Å². The Morgan fingerprint density at radius 1 is 1.00 bits per heavy atom. The summed E-state index contributed by atoms with van der Waals surface area (Å²) in [6.07, 6.45) is 1.49. The summed E-state index contributed by atoms with van der Waals surface area (Å²) < 4.78 is 10.8. The van der Waals surface area contributed by atoms with E-state index in [-0.39, 0.29) is 5.91 Å². The lowest BCUT2D eigenvalue weighted by Gasteiger charge is -2.10. The summed E-state index contributed by atoms with van der Waals surface area (Å²) in [7, 11) is 1.56. The van der Waals surface area contributed by atoms with Crippen LogP contribution < -0.4 is 14.8 Å². The number of carbonyl (C=O) groups excluding carboxylic acids is 1. The molecule has 0 fully saturated rings. The van der Waals surface area contributed by atoms with Crippen LogP contribution in [0.2, 0.25) is 0 Å². The minimum absolute atomic E-state index is 0.258. The zero-order valence-electron chi connectivity index (χ0n) is 13.8. The maximum Gasteiger partial charge on any atom is 0.257 e. The fourth-order valence-corrected chi connectivity index (χ4v) is 2.27. The van der Waals surface area contributed by atoms with Crippen LogP contribution in [-0.4, -0.2) is 18.0 Å². The quantitative estimate of drug-likeness (QED) is 0.742. The van der Waals surface area contributed by atoms with E-state index in [4.69, 9.17) is 9.47 Å². The third-order valence-electron chi connectivity index (χ3n) is 3.58. The second-order valence-corrected chi connectivity index (χ2v) is 5.31. The molecule has 1 aromatic heterocycles. The summed E-state index contributed by atoms with van der Waals surface area (Å²) >= 11 is 0. The van der Waals surface area contributed by atoms with Crippen molar-refractivity contribution in [2.45, 2.75) is 6.61 Å². The Kier molecular flexibility index (Phi) is 5.26. The Morgan fingerprint density at radius 3 is 2.48 bits per heavy atom. The van der Waals surface area contributed by atoms with Gasteiger partial charge in [-0.3, -0.25) is 4.79 Å². The van der Waals surface area contributed by atoms with Crippen molar-refractivity contribution < 1.29 is 14.3 Å². The molecule has 0 radical (unpaired) electrons. The summed E-state index contributed by atoms with van der Waals surface area (Å²) in [6.45, 7) is 0.431. The van der Waals surface area contributed by atoms with Crippen molar-refractivity contribution in [2.24, 2.45) is 0 Å². The molecule has 25 heavy (non-hydrogen) atoms. The molecular formula is C20H18N2O3. The molecule has 0 aliphatic heterocycles. The fraction of sp³-hybridized carbons (Fsp3) is 0.100. The van der Waals surface area contributed by atoms with Crippen molar-refractivity contribution in [1.82, 2.24) is 4.98 Å². The van der Waals surface area contributed by atoms with Gasteiger partial charge < -0.3 is 14.8 Å². The maximum absolute atomic E-state index is 12.3. The van der Waals surface area contributed by atoms with Gasteiger partial charge in [-0.05, 0) is 23.8 Å². The first-order valence-corrected chi connectivity index (χ1v) is 7.83. The highest BCUT2D eigenvalue weighted by Gasteiger charge is 2.10. The number of ether oxygens (including phenoxy) is 2. The maximum atomic E-state index is 12.3. The molecule has 3 aromatic rings. The number of carbonyl (C=O) groups is 1. The minimum Gasteiger partial charge on any atom is -0.495 e. The monoisotopic (exact) mass is 334 g/mol. The van der Waals surface area contributed by atoms with Gasteiger partial charge in [0.15, 0.2) is 0 Å². The van der Waals surface area contributed by atoms with E-state index in [2.05, 4.69) is 10.3 Å².